The Balaban J connectivity index is 2.38. The van der Waals surface area contributed by atoms with E-state index in [1.165, 1.54) is 6.92 Å². The average molecular weight is 312 g/mol. The first kappa shape index (κ1) is 18.0. The number of alkyl carbamates (subject to hydrolysis) is 1. The van der Waals surface area contributed by atoms with E-state index in [1.54, 1.807) is 39.8 Å². The van der Waals surface area contributed by atoms with Gasteiger partial charge in [-0.15, -0.1) is 0 Å². The molecular weight excluding hydrogens is 288 g/mol. The molecule has 0 bridgehead atoms. The molecule has 3 atom stereocenters. The highest BCUT2D eigenvalue weighted by Gasteiger charge is 2.26. The zero-order valence-electron chi connectivity index (χ0n) is 13.6. The molecule has 0 saturated heterocycles. The lowest BCUT2D eigenvalue weighted by atomic mass is 10.2. The van der Waals surface area contributed by atoms with E-state index in [2.05, 4.69) is 10.6 Å². The molecule has 1 rings (SSSR count). The van der Waals surface area contributed by atoms with E-state index >= 15 is 0 Å². The molecule has 7 heteroatoms. The first-order valence-corrected chi connectivity index (χ1v) is 7.22. The van der Waals surface area contributed by atoms with Crippen LogP contribution < -0.4 is 10.6 Å². The van der Waals surface area contributed by atoms with Crippen molar-refractivity contribution in [3.63, 3.8) is 0 Å². The summed E-state index contributed by atoms with van der Waals surface area (Å²) in [4.78, 5) is 34.5. The number of amides is 2. The SMILES string of the molecule is CC(=O)O[C@H]1C=C[C@@H](NC(=O)[C@H](C)NC(=O)OC(C)(C)C)C1. The topological polar surface area (TPSA) is 93.7 Å². The minimum absolute atomic E-state index is 0.222. The highest BCUT2D eigenvalue weighted by atomic mass is 16.6. The van der Waals surface area contributed by atoms with E-state index < -0.39 is 17.7 Å². The quantitative estimate of drug-likeness (QED) is 0.602. The molecule has 1 aliphatic rings. The zero-order valence-corrected chi connectivity index (χ0v) is 13.6. The lowest BCUT2D eigenvalue weighted by Crippen LogP contribution is -2.48. The van der Waals surface area contributed by atoms with E-state index in [0.717, 1.165) is 0 Å². The molecule has 2 amide bonds. The summed E-state index contributed by atoms with van der Waals surface area (Å²) in [7, 11) is 0. The van der Waals surface area contributed by atoms with Crippen molar-refractivity contribution in [2.24, 2.45) is 0 Å². The van der Waals surface area contributed by atoms with Gasteiger partial charge in [0.25, 0.3) is 0 Å². The summed E-state index contributed by atoms with van der Waals surface area (Å²) >= 11 is 0. The number of rotatable bonds is 4. The summed E-state index contributed by atoms with van der Waals surface area (Å²) in [5.74, 6) is -0.689. The maximum atomic E-state index is 12.0. The summed E-state index contributed by atoms with van der Waals surface area (Å²) in [6.45, 7) is 8.15. The third-order valence-electron chi connectivity index (χ3n) is 2.82. The maximum Gasteiger partial charge on any atom is 0.408 e. The third-order valence-corrected chi connectivity index (χ3v) is 2.82. The standard InChI is InChI=1S/C15H24N2O5/c1-9(16-14(20)22-15(3,4)5)13(19)17-11-6-7-12(8-11)21-10(2)18/h6-7,9,11-12H,8H2,1-5H3,(H,16,20)(H,17,19)/t9-,11+,12-/m0/s1. The number of hydrogen-bond acceptors (Lipinski definition) is 5. The zero-order chi connectivity index (χ0) is 16.9. The molecule has 0 fully saturated rings. The van der Waals surface area contributed by atoms with Gasteiger partial charge in [0, 0.05) is 13.3 Å². The molecule has 0 saturated carbocycles. The van der Waals surface area contributed by atoms with Gasteiger partial charge in [0.2, 0.25) is 5.91 Å². The summed E-state index contributed by atoms with van der Waals surface area (Å²) in [5.41, 5.74) is -0.619. The number of hydrogen-bond donors (Lipinski definition) is 2. The fourth-order valence-corrected chi connectivity index (χ4v) is 1.93. The van der Waals surface area contributed by atoms with Gasteiger partial charge in [-0.05, 0) is 33.8 Å². The van der Waals surface area contributed by atoms with Crippen molar-refractivity contribution in [1.82, 2.24) is 10.6 Å². The second-order valence-electron chi connectivity index (χ2n) is 6.25. The average Bonchev–Trinajstić information content (AvgIpc) is 2.72. The van der Waals surface area contributed by atoms with Crippen LogP contribution in [0.25, 0.3) is 0 Å². The van der Waals surface area contributed by atoms with E-state index in [1.807, 2.05) is 0 Å². The molecule has 22 heavy (non-hydrogen) atoms. The number of ether oxygens (including phenoxy) is 2. The van der Waals surface area contributed by atoms with Crippen LogP contribution in [0.1, 0.15) is 41.0 Å². The molecule has 7 nitrogen and oxygen atoms in total. The van der Waals surface area contributed by atoms with Crippen LogP contribution in [-0.4, -0.2) is 41.8 Å². The smallest absolute Gasteiger partial charge is 0.408 e. The molecule has 0 unspecified atom stereocenters. The van der Waals surface area contributed by atoms with E-state index in [-0.39, 0.29) is 24.0 Å². The van der Waals surface area contributed by atoms with Crippen LogP contribution in [0, 0.1) is 0 Å². The number of carbonyl (C=O) groups is 3. The molecule has 0 radical (unpaired) electrons. The Morgan fingerprint density at radius 2 is 1.86 bits per heavy atom. The van der Waals surface area contributed by atoms with Crippen molar-refractivity contribution in [3.05, 3.63) is 12.2 Å². The molecule has 0 heterocycles. The predicted octanol–water partition coefficient (Wildman–Crippen LogP) is 1.28. The summed E-state index contributed by atoms with van der Waals surface area (Å²) in [6, 6.07) is -0.948. The van der Waals surface area contributed by atoms with Crippen LogP contribution in [0.4, 0.5) is 4.79 Å². The van der Waals surface area contributed by atoms with Crippen molar-refractivity contribution >= 4 is 18.0 Å². The Labute approximate surface area is 130 Å². The minimum atomic E-state index is -0.726. The maximum absolute atomic E-state index is 12.0. The Bertz CT molecular complexity index is 467. The normalized spacial score (nSPS) is 21.9. The molecular formula is C15H24N2O5. The summed E-state index contributed by atoms with van der Waals surface area (Å²) in [6.07, 6.45) is 3.03. The Morgan fingerprint density at radius 1 is 1.23 bits per heavy atom. The van der Waals surface area contributed by atoms with Gasteiger partial charge in [0.05, 0.1) is 6.04 Å². The fraction of sp³-hybridized carbons (Fsp3) is 0.667. The molecule has 0 spiro atoms. The fourth-order valence-electron chi connectivity index (χ4n) is 1.93. The minimum Gasteiger partial charge on any atom is -0.458 e. The van der Waals surface area contributed by atoms with Crippen molar-refractivity contribution in [3.8, 4) is 0 Å². The highest BCUT2D eigenvalue weighted by Crippen LogP contribution is 2.14. The van der Waals surface area contributed by atoms with Gasteiger partial charge in [0.1, 0.15) is 17.7 Å². The van der Waals surface area contributed by atoms with E-state index in [9.17, 15) is 14.4 Å². The van der Waals surface area contributed by atoms with Gasteiger partial charge in [-0.2, -0.15) is 0 Å². The van der Waals surface area contributed by atoms with Gasteiger partial charge in [0.15, 0.2) is 0 Å². The number of nitrogens with one attached hydrogen (secondary N) is 2. The largest absolute Gasteiger partial charge is 0.458 e. The first-order chi connectivity index (χ1) is 10.1. The van der Waals surface area contributed by atoms with Crippen LogP contribution in [-0.2, 0) is 19.1 Å². The lowest BCUT2D eigenvalue weighted by molar-refractivity contribution is -0.144. The molecule has 2 N–H and O–H groups in total. The van der Waals surface area contributed by atoms with E-state index in [0.29, 0.717) is 6.42 Å². The van der Waals surface area contributed by atoms with Crippen LogP contribution in [0.2, 0.25) is 0 Å². The van der Waals surface area contributed by atoms with Gasteiger partial charge in [-0.25, -0.2) is 4.79 Å². The highest BCUT2D eigenvalue weighted by molar-refractivity contribution is 5.85. The summed E-state index contributed by atoms with van der Waals surface area (Å²) in [5, 5.41) is 5.23. The number of carbonyl (C=O) groups excluding carboxylic acids is 3. The number of esters is 1. The Kier molecular flexibility index (Phi) is 5.96. The van der Waals surface area contributed by atoms with Gasteiger partial charge in [-0.1, -0.05) is 6.08 Å². The van der Waals surface area contributed by atoms with Crippen molar-refractivity contribution in [2.75, 3.05) is 0 Å². The molecule has 1 aliphatic carbocycles. The van der Waals surface area contributed by atoms with Gasteiger partial charge >= 0.3 is 12.1 Å². The Morgan fingerprint density at radius 3 is 2.41 bits per heavy atom. The molecule has 0 aromatic heterocycles. The van der Waals surface area contributed by atoms with Crippen LogP contribution in [0.15, 0.2) is 12.2 Å². The lowest BCUT2D eigenvalue weighted by Gasteiger charge is -2.22. The molecule has 0 aliphatic heterocycles. The van der Waals surface area contributed by atoms with Crippen LogP contribution in [0.3, 0.4) is 0 Å². The molecule has 0 aromatic carbocycles. The van der Waals surface area contributed by atoms with Crippen LogP contribution >= 0.6 is 0 Å². The van der Waals surface area contributed by atoms with Crippen LogP contribution in [0.5, 0.6) is 0 Å². The molecule has 0 aromatic rings. The molecule has 124 valence electrons. The monoisotopic (exact) mass is 312 g/mol. The van der Waals surface area contributed by atoms with Crippen molar-refractivity contribution in [2.45, 2.75) is 64.8 Å². The van der Waals surface area contributed by atoms with Gasteiger partial charge < -0.3 is 20.1 Å². The van der Waals surface area contributed by atoms with Crippen molar-refractivity contribution < 1.29 is 23.9 Å². The van der Waals surface area contributed by atoms with Crippen molar-refractivity contribution in [1.29, 1.82) is 0 Å². The third kappa shape index (κ3) is 6.60. The second-order valence-corrected chi connectivity index (χ2v) is 6.25. The predicted molar refractivity (Wildman–Crippen MR) is 80.1 cm³/mol. The first-order valence-electron chi connectivity index (χ1n) is 7.22. The van der Waals surface area contributed by atoms with Gasteiger partial charge in [-0.3, -0.25) is 9.59 Å². The van der Waals surface area contributed by atoms with E-state index in [4.69, 9.17) is 9.47 Å². The second kappa shape index (κ2) is 7.29. The Hall–Kier alpha value is -2.05. The summed E-state index contributed by atoms with van der Waals surface area (Å²) < 4.78 is 10.1.